The highest BCUT2D eigenvalue weighted by Gasteiger charge is 2.25. The first kappa shape index (κ1) is 20.7. The number of carbonyl (C=O) groups excluding carboxylic acids is 2. The molecule has 29 heavy (non-hydrogen) atoms. The Bertz CT molecular complexity index is 1020. The molecular weight excluding hydrogens is 392 g/mol. The van der Waals surface area contributed by atoms with Gasteiger partial charge in [-0.3, -0.25) is 9.89 Å². The molecule has 0 radical (unpaired) electrons. The Kier molecular flexibility index (Phi) is 6.38. The number of Topliss-reactive ketones (excluding diaryl/α,β-unsaturated/α-hetero) is 1. The Morgan fingerprint density at radius 2 is 1.79 bits per heavy atom. The molecule has 0 aliphatic heterocycles. The Labute approximate surface area is 172 Å². The van der Waals surface area contributed by atoms with Crippen LogP contribution in [0.5, 0.6) is 5.75 Å². The number of hydrogen-bond acceptors (Lipinski definition) is 7. The minimum Gasteiger partial charge on any atom is -0.497 e. The van der Waals surface area contributed by atoms with Crippen LogP contribution >= 0.6 is 11.8 Å². The summed E-state index contributed by atoms with van der Waals surface area (Å²) in [5.74, 6) is 0.773. The van der Waals surface area contributed by atoms with Crippen molar-refractivity contribution in [1.29, 1.82) is 0 Å². The number of benzene rings is 1. The maximum atomic E-state index is 12.8. The number of ketones is 1. The highest BCUT2D eigenvalue weighted by molar-refractivity contribution is 7.99. The van der Waals surface area contributed by atoms with Gasteiger partial charge in [0.15, 0.2) is 11.6 Å². The number of thioether (sulfide) groups is 1. The van der Waals surface area contributed by atoms with E-state index in [1.54, 1.807) is 27.9 Å². The molecule has 1 aromatic carbocycles. The second-order valence-electron chi connectivity index (χ2n) is 6.25. The van der Waals surface area contributed by atoms with Gasteiger partial charge < -0.3 is 14.5 Å². The van der Waals surface area contributed by atoms with Gasteiger partial charge in [-0.15, -0.1) is 5.10 Å². The van der Waals surface area contributed by atoms with E-state index >= 15 is 0 Å². The maximum absolute atomic E-state index is 12.8. The predicted octanol–water partition coefficient (Wildman–Crippen LogP) is 3.58. The number of nitrogens with zero attached hydrogens (tertiary/aromatic N) is 2. The molecular formula is C20H22N4O4S. The number of nitrogens with one attached hydrogen (secondary N) is 2. The summed E-state index contributed by atoms with van der Waals surface area (Å²) in [5.41, 5.74) is 2.78. The first-order chi connectivity index (χ1) is 13.9. The maximum Gasteiger partial charge on any atom is 0.340 e. The lowest BCUT2D eigenvalue weighted by Gasteiger charge is -2.05. The fourth-order valence-corrected chi connectivity index (χ4v) is 3.65. The quantitative estimate of drug-likeness (QED) is 0.329. The molecule has 152 valence electrons. The summed E-state index contributed by atoms with van der Waals surface area (Å²) in [4.78, 5) is 32.5. The third kappa shape index (κ3) is 4.51. The van der Waals surface area contributed by atoms with Crippen molar-refractivity contribution in [2.45, 2.75) is 25.9 Å². The van der Waals surface area contributed by atoms with Crippen molar-refractivity contribution in [2.24, 2.45) is 0 Å². The number of ether oxygens (including phenoxy) is 2. The van der Waals surface area contributed by atoms with Crippen LogP contribution in [-0.2, 0) is 4.74 Å². The lowest BCUT2D eigenvalue weighted by Crippen LogP contribution is -2.13. The molecule has 0 unspecified atom stereocenters. The van der Waals surface area contributed by atoms with Gasteiger partial charge in [0.2, 0.25) is 5.16 Å². The number of H-pyrrole nitrogens is 2. The Hall–Kier alpha value is -3.07. The van der Waals surface area contributed by atoms with Crippen molar-refractivity contribution in [3.05, 3.63) is 46.8 Å². The average molecular weight is 414 g/mol. The second-order valence-corrected chi connectivity index (χ2v) is 7.19. The summed E-state index contributed by atoms with van der Waals surface area (Å²) >= 11 is 1.20. The van der Waals surface area contributed by atoms with Crippen molar-refractivity contribution >= 4 is 23.5 Å². The van der Waals surface area contributed by atoms with E-state index < -0.39 is 5.97 Å². The van der Waals surface area contributed by atoms with Crippen LogP contribution in [0.1, 0.15) is 39.0 Å². The van der Waals surface area contributed by atoms with E-state index in [1.165, 1.54) is 11.8 Å². The molecule has 0 amide bonds. The Morgan fingerprint density at radius 3 is 2.45 bits per heavy atom. The largest absolute Gasteiger partial charge is 0.497 e. The molecule has 8 nitrogen and oxygen atoms in total. The highest BCUT2D eigenvalue weighted by atomic mass is 32.2. The number of esters is 1. The van der Waals surface area contributed by atoms with E-state index in [4.69, 9.17) is 9.47 Å². The Balaban J connectivity index is 1.72. The van der Waals surface area contributed by atoms with Crippen LogP contribution in [0.4, 0.5) is 0 Å². The SMILES string of the molecule is CCOC(=O)c1c(C)[nH]c(C)c1C(=O)CSc1n[nH]c(-c2ccc(OC)cc2)n1. The van der Waals surface area contributed by atoms with Crippen LogP contribution in [0.25, 0.3) is 11.4 Å². The topological polar surface area (TPSA) is 110 Å². The number of aryl methyl sites for hydroxylation is 2. The number of carbonyl (C=O) groups is 2. The van der Waals surface area contributed by atoms with Crippen molar-refractivity contribution in [3.8, 4) is 17.1 Å². The van der Waals surface area contributed by atoms with Crippen LogP contribution in [-0.4, -0.2) is 51.4 Å². The summed E-state index contributed by atoms with van der Waals surface area (Å²) in [6.45, 7) is 5.49. The lowest BCUT2D eigenvalue weighted by atomic mass is 10.1. The van der Waals surface area contributed by atoms with E-state index in [-0.39, 0.29) is 18.1 Å². The van der Waals surface area contributed by atoms with Crippen LogP contribution in [0.2, 0.25) is 0 Å². The predicted molar refractivity (Wildman–Crippen MR) is 110 cm³/mol. The molecule has 0 saturated heterocycles. The van der Waals surface area contributed by atoms with Gasteiger partial charge in [-0.25, -0.2) is 9.78 Å². The standard InChI is InChI=1S/C20H22N4O4S/c1-5-28-19(26)17-12(3)21-11(2)16(17)15(25)10-29-20-22-18(23-24-20)13-6-8-14(27-4)9-7-13/h6-9,21H,5,10H2,1-4H3,(H,22,23,24). The third-order valence-electron chi connectivity index (χ3n) is 4.29. The molecule has 0 bridgehead atoms. The third-order valence-corrected chi connectivity index (χ3v) is 5.14. The molecule has 3 rings (SSSR count). The fraction of sp³-hybridized carbons (Fsp3) is 0.300. The van der Waals surface area contributed by atoms with Gasteiger partial charge in [0, 0.05) is 17.0 Å². The van der Waals surface area contributed by atoms with E-state index in [9.17, 15) is 9.59 Å². The van der Waals surface area contributed by atoms with Gasteiger partial charge >= 0.3 is 5.97 Å². The fourth-order valence-electron chi connectivity index (χ4n) is 2.98. The first-order valence-electron chi connectivity index (χ1n) is 9.03. The summed E-state index contributed by atoms with van der Waals surface area (Å²) < 4.78 is 10.2. The molecule has 0 aliphatic rings. The monoisotopic (exact) mass is 414 g/mol. The minimum absolute atomic E-state index is 0.102. The summed E-state index contributed by atoms with van der Waals surface area (Å²) in [6, 6.07) is 7.41. The zero-order chi connectivity index (χ0) is 21.0. The summed E-state index contributed by atoms with van der Waals surface area (Å²) in [5, 5.41) is 7.48. The van der Waals surface area contributed by atoms with Crippen LogP contribution < -0.4 is 4.74 Å². The minimum atomic E-state index is -0.498. The van der Waals surface area contributed by atoms with E-state index in [2.05, 4.69) is 20.2 Å². The number of rotatable bonds is 8. The smallest absolute Gasteiger partial charge is 0.340 e. The van der Waals surface area contributed by atoms with E-state index in [0.29, 0.717) is 33.5 Å². The molecule has 2 aromatic heterocycles. The molecule has 9 heteroatoms. The highest BCUT2D eigenvalue weighted by Crippen LogP contribution is 2.25. The summed E-state index contributed by atoms with van der Waals surface area (Å²) in [6.07, 6.45) is 0. The van der Waals surface area contributed by atoms with Crippen LogP contribution in [0.15, 0.2) is 29.4 Å². The lowest BCUT2D eigenvalue weighted by molar-refractivity contribution is 0.0522. The molecule has 2 N–H and O–H groups in total. The molecule has 0 atom stereocenters. The number of methoxy groups -OCH3 is 1. The van der Waals surface area contributed by atoms with Crippen LogP contribution in [0, 0.1) is 13.8 Å². The number of aromatic nitrogens is 4. The average Bonchev–Trinajstić information content (AvgIpc) is 3.30. The normalized spacial score (nSPS) is 10.8. The van der Waals surface area contributed by atoms with Crippen molar-refractivity contribution in [1.82, 2.24) is 20.2 Å². The first-order valence-corrected chi connectivity index (χ1v) is 10.0. The molecule has 3 aromatic rings. The zero-order valence-corrected chi connectivity index (χ0v) is 17.5. The molecule has 2 heterocycles. The zero-order valence-electron chi connectivity index (χ0n) is 16.7. The van der Waals surface area contributed by atoms with Crippen LogP contribution in [0.3, 0.4) is 0 Å². The van der Waals surface area contributed by atoms with Crippen molar-refractivity contribution in [2.75, 3.05) is 19.5 Å². The van der Waals surface area contributed by atoms with E-state index in [0.717, 1.165) is 11.3 Å². The molecule has 0 fully saturated rings. The number of aromatic amines is 2. The second kappa shape index (κ2) is 8.95. The van der Waals surface area contributed by atoms with Gasteiger partial charge in [-0.2, -0.15) is 0 Å². The summed E-state index contributed by atoms with van der Waals surface area (Å²) in [7, 11) is 1.61. The molecule has 0 saturated carbocycles. The van der Waals surface area contributed by atoms with E-state index in [1.807, 2.05) is 24.3 Å². The molecule has 0 aliphatic carbocycles. The number of hydrogen-bond donors (Lipinski definition) is 2. The van der Waals surface area contributed by atoms with Crippen molar-refractivity contribution < 1.29 is 19.1 Å². The van der Waals surface area contributed by atoms with Gasteiger partial charge in [-0.05, 0) is 45.0 Å². The molecule has 0 spiro atoms. The van der Waals surface area contributed by atoms with Gasteiger partial charge in [-0.1, -0.05) is 11.8 Å². The van der Waals surface area contributed by atoms with Gasteiger partial charge in [0.05, 0.1) is 30.6 Å². The van der Waals surface area contributed by atoms with Gasteiger partial charge in [0.1, 0.15) is 5.75 Å². The van der Waals surface area contributed by atoms with Gasteiger partial charge in [0.25, 0.3) is 0 Å². The Morgan fingerprint density at radius 1 is 1.10 bits per heavy atom. The van der Waals surface area contributed by atoms with Crippen molar-refractivity contribution in [3.63, 3.8) is 0 Å².